The van der Waals surface area contributed by atoms with Crippen LogP contribution in [0.4, 0.5) is 27.6 Å². The normalized spacial score (nSPS) is 14.7. The minimum Gasteiger partial charge on any atom is -0.489 e. The number of anilines is 1. The average molecular weight is 458 g/mol. The van der Waals surface area contributed by atoms with E-state index in [1.807, 2.05) is 30.3 Å². The number of halogens is 5. The average Bonchev–Trinajstić information content (AvgIpc) is 3.09. The second kappa shape index (κ2) is 8.85. The van der Waals surface area contributed by atoms with Gasteiger partial charge in [-0.05, 0) is 36.3 Å². The Hall–Kier alpha value is -4.01. The molecule has 1 aliphatic heterocycles. The van der Waals surface area contributed by atoms with Crippen LogP contribution in [0, 0.1) is 29.1 Å². The lowest BCUT2D eigenvalue weighted by Gasteiger charge is -2.15. The molecule has 0 aromatic heterocycles. The lowest BCUT2D eigenvalue weighted by molar-refractivity contribution is -0.114. The summed E-state index contributed by atoms with van der Waals surface area (Å²) in [5.41, 5.74) is 0.00387. The van der Waals surface area contributed by atoms with Crippen molar-refractivity contribution in [1.82, 2.24) is 0 Å². The van der Waals surface area contributed by atoms with E-state index in [1.54, 1.807) is 24.3 Å². The fraction of sp³-hybridized carbons (Fsp3) is 0.0833. The number of hydrogen-bond donors (Lipinski definition) is 0. The predicted octanol–water partition coefficient (Wildman–Crippen LogP) is 5.77. The van der Waals surface area contributed by atoms with Gasteiger partial charge in [-0.25, -0.2) is 22.0 Å². The van der Waals surface area contributed by atoms with Crippen LogP contribution in [0.25, 0.3) is 6.08 Å². The molecule has 0 saturated carbocycles. The molecule has 0 aliphatic carbocycles. The van der Waals surface area contributed by atoms with Crippen LogP contribution in [0.3, 0.4) is 0 Å². The summed E-state index contributed by atoms with van der Waals surface area (Å²) < 4.78 is 74.6. The van der Waals surface area contributed by atoms with Gasteiger partial charge in [0.05, 0.1) is 11.3 Å². The Bertz CT molecular complexity index is 1280. The van der Waals surface area contributed by atoms with Crippen LogP contribution in [-0.4, -0.2) is 11.6 Å². The molecular weight excluding hydrogens is 443 g/mol. The van der Waals surface area contributed by atoms with Gasteiger partial charge in [0, 0.05) is 0 Å². The number of hydrogen-bond acceptors (Lipinski definition) is 3. The third kappa shape index (κ3) is 4.21. The Labute approximate surface area is 185 Å². The lowest BCUT2D eigenvalue weighted by atomic mass is 10.1. The van der Waals surface area contributed by atoms with E-state index in [-0.39, 0.29) is 16.3 Å². The highest BCUT2D eigenvalue weighted by molar-refractivity contribution is 6.32. The first kappa shape index (κ1) is 22.2. The van der Waals surface area contributed by atoms with Gasteiger partial charge in [-0.15, -0.1) is 0 Å². The van der Waals surface area contributed by atoms with Crippen molar-refractivity contribution in [3.8, 4) is 5.75 Å². The highest BCUT2D eigenvalue weighted by atomic mass is 19.2. The summed E-state index contributed by atoms with van der Waals surface area (Å²) in [6.45, 7) is 1.69. The molecule has 1 aliphatic rings. The maximum atomic E-state index is 14.2. The first-order valence-corrected chi connectivity index (χ1v) is 9.68. The SMILES string of the molecule is CC1=NN(c2c(F)c(F)c(F)c(F)c2F)C(=O)/C1=C\c1cccc(OCc2ccccc2)c1. The topological polar surface area (TPSA) is 41.9 Å². The molecule has 0 atom stereocenters. The number of hydrazone groups is 1. The van der Waals surface area contributed by atoms with Crippen LogP contribution in [0.1, 0.15) is 18.1 Å². The molecule has 3 aromatic carbocycles. The van der Waals surface area contributed by atoms with Gasteiger partial charge < -0.3 is 4.74 Å². The predicted molar refractivity (Wildman–Crippen MR) is 112 cm³/mol. The zero-order valence-electron chi connectivity index (χ0n) is 17.1. The number of rotatable bonds is 5. The largest absolute Gasteiger partial charge is 0.489 e. The molecule has 4 nitrogen and oxygen atoms in total. The van der Waals surface area contributed by atoms with Crippen molar-refractivity contribution in [3.05, 3.63) is 100 Å². The van der Waals surface area contributed by atoms with Crippen molar-refractivity contribution >= 4 is 23.4 Å². The summed E-state index contributed by atoms with van der Waals surface area (Å²) in [6.07, 6.45) is 1.39. The van der Waals surface area contributed by atoms with Gasteiger partial charge in [0.15, 0.2) is 23.3 Å². The molecule has 9 heteroatoms. The molecule has 1 heterocycles. The highest BCUT2D eigenvalue weighted by Crippen LogP contribution is 2.34. The lowest BCUT2D eigenvalue weighted by Crippen LogP contribution is -2.25. The van der Waals surface area contributed by atoms with Crippen LogP contribution >= 0.6 is 0 Å². The smallest absolute Gasteiger partial charge is 0.280 e. The third-order valence-corrected chi connectivity index (χ3v) is 4.88. The van der Waals surface area contributed by atoms with Gasteiger partial charge in [0.25, 0.3) is 5.91 Å². The van der Waals surface area contributed by atoms with Gasteiger partial charge in [0.1, 0.15) is 18.0 Å². The molecule has 1 amide bonds. The zero-order chi connectivity index (χ0) is 23.7. The number of ether oxygens (including phenoxy) is 1. The maximum absolute atomic E-state index is 14.2. The van der Waals surface area contributed by atoms with Crippen molar-refractivity contribution in [2.45, 2.75) is 13.5 Å². The molecule has 0 bridgehead atoms. The molecule has 0 spiro atoms. The minimum atomic E-state index is -2.32. The zero-order valence-corrected chi connectivity index (χ0v) is 17.1. The first-order valence-electron chi connectivity index (χ1n) is 9.68. The van der Waals surface area contributed by atoms with E-state index in [9.17, 15) is 26.7 Å². The van der Waals surface area contributed by atoms with Crippen molar-refractivity contribution < 1.29 is 31.5 Å². The molecule has 0 N–H and O–H groups in total. The van der Waals surface area contributed by atoms with E-state index in [4.69, 9.17) is 4.74 Å². The van der Waals surface area contributed by atoms with Crippen LogP contribution in [-0.2, 0) is 11.4 Å². The van der Waals surface area contributed by atoms with Crippen molar-refractivity contribution in [3.63, 3.8) is 0 Å². The van der Waals surface area contributed by atoms with Gasteiger partial charge in [-0.2, -0.15) is 10.1 Å². The number of carbonyl (C=O) groups excluding carboxylic acids is 1. The summed E-state index contributed by atoms with van der Waals surface area (Å²) in [6, 6.07) is 16.1. The second-order valence-corrected chi connectivity index (χ2v) is 7.13. The number of amides is 1. The molecule has 0 unspecified atom stereocenters. The molecule has 3 aromatic rings. The Morgan fingerprint density at radius 1 is 0.879 bits per heavy atom. The second-order valence-electron chi connectivity index (χ2n) is 7.13. The van der Waals surface area contributed by atoms with Crippen molar-refractivity contribution in [1.29, 1.82) is 0 Å². The van der Waals surface area contributed by atoms with E-state index < -0.39 is 40.7 Å². The molecular formula is C24H15F5N2O2. The number of nitrogens with zero attached hydrogens (tertiary/aromatic N) is 2. The third-order valence-electron chi connectivity index (χ3n) is 4.88. The van der Waals surface area contributed by atoms with E-state index in [1.165, 1.54) is 13.0 Å². The highest BCUT2D eigenvalue weighted by Gasteiger charge is 2.37. The Kier molecular flexibility index (Phi) is 5.95. The maximum Gasteiger partial charge on any atom is 0.280 e. The van der Waals surface area contributed by atoms with Crippen molar-refractivity contribution in [2.75, 3.05) is 5.01 Å². The van der Waals surface area contributed by atoms with E-state index in [2.05, 4.69) is 5.10 Å². The fourth-order valence-electron chi connectivity index (χ4n) is 3.22. The summed E-state index contributed by atoms with van der Waals surface area (Å²) in [7, 11) is 0. The van der Waals surface area contributed by atoms with E-state index in [0.29, 0.717) is 17.9 Å². The van der Waals surface area contributed by atoms with Crippen LogP contribution in [0.5, 0.6) is 5.75 Å². The first-order chi connectivity index (χ1) is 15.8. The van der Waals surface area contributed by atoms with Crippen LogP contribution in [0.15, 0.2) is 65.3 Å². The van der Waals surface area contributed by atoms with Crippen LogP contribution < -0.4 is 9.75 Å². The molecule has 33 heavy (non-hydrogen) atoms. The summed E-state index contributed by atoms with van der Waals surface area (Å²) >= 11 is 0. The van der Waals surface area contributed by atoms with Crippen molar-refractivity contribution in [2.24, 2.45) is 5.10 Å². The van der Waals surface area contributed by atoms with Gasteiger partial charge in [-0.3, -0.25) is 4.79 Å². The number of carbonyl (C=O) groups is 1. The minimum absolute atomic E-state index is 0.0412. The molecule has 4 rings (SSSR count). The molecule has 0 fully saturated rings. The molecule has 168 valence electrons. The fourth-order valence-corrected chi connectivity index (χ4v) is 3.22. The number of benzene rings is 3. The van der Waals surface area contributed by atoms with Gasteiger partial charge in [-0.1, -0.05) is 42.5 Å². The standard InChI is InChI=1S/C24H15F5N2O2/c1-13-17(11-15-8-5-9-16(10-15)33-12-14-6-3-2-4-7-14)24(32)31(30-13)23-21(28)19(26)18(25)20(27)22(23)29/h2-11H,12H2,1H3/b17-11-. The molecule has 0 radical (unpaired) electrons. The Morgan fingerprint density at radius 2 is 1.52 bits per heavy atom. The Morgan fingerprint density at radius 3 is 2.18 bits per heavy atom. The monoisotopic (exact) mass is 458 g/mol. The van der Waals surface area contributed by atoms with E-state index >= 15 is 0 Å². The van der Waals surface area contributed by atoms with E-state index in [0.717, 1.165) is 5.56 Å². The van der Waals surface area contributed by atoms with Gasteiger partial charge in [0.2, 0.25) is 5.82 Å². The quantitative estimate of drug-likeness (QED) is 0.211. The van der Waals surface area contributed by atoms with Crippen LogP contribution in [0.2, 0.25) is 0 Å². The summed E-state index contributed by atoms with van der Waals surface area (Å²) in [5, 5.41) is 3.89. The summed E-state index contributed by atoms with van der Waals surface area (Å²) in [5.74, 6) is -11.5. The van der Waals surface area contributed by atoms with Gasteiger partial charge >= 0.3 is 0 Å². The summed E-state index contributed by atoms with van der Waals surface area (Å²) in [4.78, 5) is 12.8. The molecule has 0 saturated heterocycles. The Balaban J connectivity index is 1.61.